The molecule has 6 aliphatic heterocycles. The zero-order valence-corrected chi connectivity index (χ0v) is 24.4. The number of fused-ring (bicyclic) bond motifs is 4. The first-order chi connectivity index (χ1) is 21.6. The molecule has 6 heterocycles. The molecule has 0 spiro atoms. The topological polar surface area (TPSA) is 263 Å². The van der Waals surface area contributed by atoms with Crippen LogP contribution >= 0.6 is 0 Å². The zero-order valence-electron chi connectivity index (χ0n) is 24.4. The molecule has 0 amide bonds. The molecule has 1 unspecified atom stereocenters. The fourth-order valence-electron chi connectivity index (χ4n) is 6.73. The van der Waals surface area contributed by atoms with Gasteiger partial charge < -0.3 is 93.0 Å². The Kier molecular flexibility index (Phi) is 10.6. The SMILES string of the molecule is CO[C@@H]1[C@H](O[C@H]2[C@@H](O)[C@@H](CO)OC(O)[C@@H]2O)O[C@H]2CO[C@@H]1[C@@H]2O[C@@H]1O[C@H](CO)[C@H](O)[C@H](O[C@@H]2O[C@H]3CO[C@H]([C@@H]3O)[C@@H]2OC)[C@H]1O. The molecule has 260 valence electrons. The minimum Gasteiger partial charge on any atom is -0.394 e. The molecule has 6 fully saturated rings. The molecule has 6 rings (SSSR count). The largest absolute Gasteiger partial charge is 0.394 e. The second kappa shape index (κ2) is 14.0. The fraction of sp³-hybridized carbons (Fsp3) is 1.00. The summed E-state index contributed by atoms with van der Waals surface area (Å²) >= 11 is 0. The summed E-state index contributed by atoms with van der Waals surface area (Å²) < 4.78 is 62.9. The van der Waals surface area contributed by atoms with E-state index in [2.05, 4.69) is 0 Å². The Morgan fingerprint density at radius 2 is 1.02 bits per heavy atom. The van der Waals surface area contributed by atoms with Crippen LogP contribution in [0, 0.1) is 0 Å². The Bertz CT molecular complexity index is 979. The van der Waals surface area contributed by atoms with Gasteiger partial charge in [0.2, 0.25) is 0 Å². The van der Waals surface area contributed by atoms with Crippen LogP contribution in [-0.4, -0.2) is 204 Å². The third-order valence-corrected chi connectivity index (χ3v) is 9.20. The van der Waals surface area contributed by atoms with Crippen molar-refractivity contribution in [1.29, 1.82) is 0 Å². The van der Waals surface area contributed by atoms with Crippen molar-refractivity contribution in [2.45, 2.75) is 123 Å². The molecule has 0 saturated carbocycles. The molecule has 19 heteroatoms. The van der Waals surface area contributed by atoms with E-state index in [1.54, 1.807) is 0 Å². The molecule has 6 saturated heterocycles. The second-order valence-electron chi connectivity index (χ2n) is 11.8. The molecular weight excluding hydrogens is 616 g/mol. The minimum atomic E-state index is -1.75. The zero-order chi connectivity index (χ0) is 32.2. The molecule has 20 atom stereocenters. The van der Waals surface area contributed by atoms with Gasteiger partial charge in [-0.25, -0.2) is 0 Å². The molecule has 4 bridgehead atoms. The summed E-state index contributed by atoms with van der Waals surface area (Å²) in [4.78, 5) is 0. The summed E-state index contributed by atoms with van der Waals surface area (Å²) in [5.74, 6) is 0. The first-order valence-corrected chi connectivity index (χ1v) is 14.8. The van der Waals surface area contributed by atoms with Crippen LogP contribution < -0.4 is 0 Å². The molecule has 19 nitrogen and oxygen atoms in total. The van der Waals surface area contributed by atoms with Gasteiger partial charge >= 0.3 is 0 Å². The molecule has 0 aromatic carbocycles. The van der Waals surface area contributed by atoms with Gasteiger partial charge in [-0.3, -0.25) is 0 Å². The summed E-state index contributed by atoms with van der Waals surface area (Å²) in [6, 6.07) is 0. The van der Waals surface area contributed by atoms with E-state index in [4.69, 9.17) is 52.1 Å². The average molecular weight is 659 g/mol. The second-order valence-corrected chi connectivity index (χ2v) is 11.8. The van der Waals surface area contributed by atoms with Crippen molar-refractivity contribution >= 4 is 0 Å². The molecule has 8 N–H and O–H groups in total. The lowest BCUT2D eigenvalue weighted by Crippen LogP contribution is -2.66. The van der Waals surface area contributed by atoms with Crippen molar-refractivity contribution in [1.82, 2.24) is 0 Å². The highest BCUT2D eigenvalue weighted by Crippen LogP contribution is 2.39. The summed E-state index contributed by atoms with van der Waals surface area (Å²) in [7, 11) is 2.71. The van der Waals surface area contributed by atoms with Gasteiger partial charge in [-0.1, -0.05) is 0 Å². The highest BCUT2D eigenvalue weighted by atomic mass is 16.8. The van der Waals surface area contributed by atoms with Gasteiger partial charge in [0, 0.05) is 14.2 Å². The molecule has 0 aromatic rings. The number of methoxy groups -OCH3 is 2. The molecule has 6 aliphatic rings. The van der Waals surface area contributed by atoms with Crippen molar-refractivity contribution in [3.63, 3.8) is 0 Å². The average Bonchev–Trinajstić information content (AvgIpc) is 3.44. The van der Waals surface area contributed by atoms with Crippen molar-refractivity contribution in [2.24, 2.45) is 0 Å². The van der Waals surface area contributed by atoms with E-state index in [0.29, 0.717) is 0 Å². The lowest BCUT2D eigenvalue weighted by atomic mass is 9.96. The predicted molar refractivity (Wildman–Crippen MR) is 137 cm³/mol. The van der Waals surface area contributed by atoms with Crippen molar-refractivity contribution in [3.05, 3.63) is 0 Å². The van der Waals surface area contributed by atoms with E-state index >= 15 is 0 Å². The summed E-state index contributed by atoms with van der Waals surface area (Å²) in [6.45, 7) is -1.22. The van der Waals surface area contributed by atoms with E-state index in [0.717, 1.165) is 0 Å². The van der Waals surface area contributed by atoms with Crippen LogP contribution in [0.2, 0.25) is 0 Å². The number of hydrogen-bond acceptors (Lipinski definition) is 19. The maximum absolute atomic E-state index is 11.3. The maximum atomic E-state index is 11.3. The van der Waals surface area contributed by atoms with E-state index in [1.165, 1.54) is 14.2 Å². The molecule has 0 aliphatic carbocycles. The molecule has 0 radical (unpaired) electrons. The monoisotopic (exact) mass is 658 g/mol. The van der Waals surface area contributed by atoms with Gasteiger partial charge in [-0.15, -0.1) is 0 Å². The fourth-order valence-corrected chi connectivity index (χ4v) is 6.73. The Morgan fingerprint density at radius 1 is 0.511 bits per heavy atom. The summed E-state index contributed by atoms with van der Waals surface area (Å²) in [5, 5.41) is 83.1. The van der Waals surface area contributed by atoms with Gasteiger partial charge in [-0.2, -0.15) is 0 Å². The highest BCUT2D eigenvalue weighted by Gasteiger charge is 2.59. The summed E-state index contributed by atoms with van der Waals surface area (Å²) in [5.41, 5.74) is 0. The molecule has 45 heavy (non-hydrogen) atoms. The number of aliphatic hydroxyl groups is 8. The van der Waals surface area contributed by atoms with E-state index in [9.17, 15) is 40.9 Å². The lowest BCUT2D eigenvalue weighted by molar-refractivity contribution is -0.373. The van der Waals surface area contributed by atoms with Crippen LogP contribution in [0.15, 0.2) is 0 Å². The van der Waals surface area contributed by atoms with E-state index in [1.807, 2.05) is 0 Å². The van der Waals surface area contributed by atoms with Crippen LogP contribution in [0.25, 0.3) is 0 Å². The number of ether oxygens (including phenoxy) is 11. The summed E-state index contributed by atoms with van der Waals surface area (Å²) in [6.07, 6.45) is -24.3. The minimum absolute atomic E-state index is 0.0127. The number of aliphatic hydroxyl groups excluding tert-OH is 8. The third kappa shape index (κ3) is 6.16. The predicted octanol–water partition coefficient (Wildman–Crippen LogP) is -6.35. The van der Waals surface area contributed by atoms with Crippen molar-refractivity contribution in [3.8, 4) is 0 Å². The van der Waals surface area contributed by atoms with Crippen LogP contribution in [-0.2, 0) is 52.1 Å². The standard InChI is InChI=1S/C26H42O19/c1-35-21-19-13(31)9(5-37-19)41-25(21)45-18-12(30)8(4-28)40-24(15(18)33)43-16-10-6-38-20(16)22(36-2)26(42-10)44-17-11(29)7(3-27)39-23(34)14(17)32/h7-34H,3-6H2,1-2H3/t7-,8-,9+,10+,11+,12+,13-,14-,15-,16-,17+,18+,19-,20-,21+,22+,23?,24+,25+,26+/m1/s1. The maximum Gasteiger partial charge on any atom is 0.187 e. The van der Waals surface area contributed by atoms with Crippen LogP contribution in [0.5, 0.6) is 0 Å². The van der Waals surface area contributed by atoms with E-state index < -0.39 is 136 Å². The lowest BCUT2D eigenvalue weighted by Gasteiger charge is -2.47. The molecular formula is C26H42O19. The first-order valence-electron chi connectivity index (χ1n) is 14.8. The Hall–Kier alpha value is -0.760. The van der Waals surface area contributed by atoms with Crippen LogP contribution in [0.1, 0.15) is 0 Å². The van der Waals surface area contributed by atoms with Gasteiger partial charge in [0.25, 0.3) is 0 Å². The van der Waals surface area contributed by atoms with Gasteiger partial charge in [0.15, 0.2) is 25.2 Å². The molecule has 0 aromatic heterocycles. The van der Waals surface area contributed by atoms with Crippen molar-refractivity contribution < 1.29 is 93.0 Å². The first kappa shape index (κ1) is 34.1. The highest BCUT2D eigenvalue weighted by molar-refractivity contribution is 5.01. The Labute approximate surface area is 256 Å². The normalized spacial score (nSPS) is 54.8. The van der Waals surface area contributed by atoms with Crippen LogP contribution in [0.3, 0.4) is 0 Å². The number of hydrogen-bond donors (Lipinski definition) is 8. The Morgan fingerprint density at radius 3 is 1.64 bits per heavy atom. The van der Waals surface area contributed by atoms with Gasteiger partial charge in [0.1, 0.15) is 97.7 Å². The Balaban J connectivity index is 1.15. The quantitative estimate of drug-likeness (QED) is 0.108. The third-order valence-electron chi connectivity index (χ3n) is 9.20. The smallest absolute Gasteiger partial charge is 0.187 e. The number of rotatable bonds is 10. The van der Waals surface area contributed by atoms with Gasteiger partial charge in [0.05, 0.1) is 26.4 Å². The van der Waals surface area contributed by atoms with Crippen LogP contribution in [0.4, 0.5) is 0 Å². The van der Waals surface area contributed by atoms with E-state index in [-0.39, 0.29) is 13.2 Å². The van der Waals surface area contributed by atoms with Crippen molar-refractivity contribution in [2.75, 3.05) is 40.6 Å². The van der Waals surface area contributed by atoms with Gasteiger partial charge in [-0.05, 0) is 0 Å².